The van der Waals surface area contributed by atoms with Gasteiger partial charge in [-0.2, -0.15) is 0 Å². The number of anilines is 2. The Labute approximate surface area is 212 Å². The minimum absolute atomic E-state index is 0.0381. The van der Waals surface area contributed by atoms with Gasteiger partial charge in [0, 0.05) is 17.8 Å². The van der Waals surface area contributed by atoms with Crippen molar-refractivity contribution in [3.05, 3.63) is 94.8 Å². The number of likely N-dealkylation sites (N-methyl/N-ethyl adjacent to an activating group) is 1. The molecule has 3 aromatic carbocycles. The second kappa shape index (κ2) is 11.0. The molecule has 0 spiro atoms. The van der Waals surface area contributed by atoms with E-state index in [0.717, 1.165) is 6.07 Å². The van der Waals surface area contributed by atoms with Crippen molar-refractivity contribution < 1.29 is 28.7 Å². The largest absolute Gasteiger partial charge is 0.478 e. The molecule has 0 aromatic heterocycles. The number of carbonyl (C=O) groups is 3. The molecule has 10 heteroatoms. The maximum Gasteiger partial charge on any atom is 0.335 e. The standard InChI is InChI=1S/C27H25FN4O5/c1-32(2)12-13-37-31-25(33)19-11-9-18(15-21(19)28)29-24(16-6-4-3-5-7-16)23-20-10-8-17(27(35)36)14-22(20)30-26(23)34/h3-11,14-15,29H,12-13H2,1-2H3,(H,30,34)(H,31,33)(H,35,36)/b24-23+. The van der Waals surface area contributed by atoms with Crippen molar-refractivity contribution in [2.45, 2.75) is 0 Å². The molecule has 0 fully saturated rings. The van der Waals surface area contributed by atoms with Crippen LogP contribution in [0.15, 0.2) is 66.7 Å². The molecule has 0 aliphatic carbocycles. The van der Waals surface area contributed by atoms with Crippen molar-refractivity contribution in [2.24, 2.45) is 0 Å². The molecule has 3 aromatic rings. The maximum absolute atomic E-state index is 14.9. The molecule has 1 aliphatic heterocycles. The number of hydrogen-bond donors (Lipinski definition) is 4. The Morgan fingerprint density at radius 3 is 2.46 bits per heavy atom. The van der Waals surface area contributed by atoms with E-state index in [0.29, 0.717) is 34.7 Å². The van der Waals surface area contributed by atoms with Crippen molar-refractivity contribution in [3.8, 4) is 0 Å². The number of amides is 2. The molecule has 0 saturated heterocycles. The highest BCUT2D eigenvalue weighted by molar-refractivity contribution is 6.37. The predicted octanol–water partition coefficient (Wildman–Crippen LogP) is 3.68. The van der Waals surface area contributed by atoms with Gasteiger partial charge in [-0.1, -0.05) is 36.4 Å². The number of carboxylic acid groups (broad SMARTS) is 1. The van der Waals surface area contributed by atoms with Gasteiger partial charge in [0.1, 0.15) is 5.82 Å². The number of aromatic carboxylic acids is 1. The fourth-order valence-electron chi connectivity index (χ4n) is 3.76. The molecule has 0 unspecified atom stereocenters. The van der Waals surface area contributed by atoms with E-state index in [2.05, 4.69) is 16.1 Å². The van der Waals surface area contributed by atoms with E-state index in [1.165, 1.54) is 24.3 Å². The summed E-state index contributed by atoms with van der Waals surface area (Å²) in [6.45, 7) is 0.822. The van der Waals surface area contributed by atoms with E-state index in [1.807, 2.05) is 25.1 Å². The zero-order valence-corrected chi connectivity index (χ0v) is 20.2. The fraction of sp³-hybridized carbons (Fsp3) is 0.148. The van der Waals surface area contributed by atoms with Gasteiger partial charge >= 0.3 is 5.97 Å². The number of nitrogens with zero attached hydrogens (tertiary/aromatic N) is 1. The zero-order valence-electron chi connectivity index (χ0n) is 20.2. The lowest BCUT2D eigenvalue weighted by Gasteiger charge is -2.16. The van der Waals surface area contributed by atoms with Crippen LogP contribution < -0.4 is 16.1 Å². The molecule has 2 amide bonds. The first-order valence-corrected chi connectivity index (χ1v) is 11.4. The van der Waals surface area contributed by atoms with Crippen molar-refractivity contribution in [1.29, 1.82) is 0 Å². The molecule has 0 atom stereocenters. The van der Waals surface area contributed by atoms with Crippen LogP contribution in [0.2, 0.25) is 0 Å². The number of carboxylic acids is 1. The molecule has 4 rings (SSSR count). The fourth-order valence-corrected chi connectivity index (χ4v) is 3.76. The van der Waals surface area contributed by atoms with E-state index >= 15 is 0 Å². The molecule has 0 saturated carbocycles. The number of hydrogen-bond acceptors (Lipinski definition) is 6. The summed E-state index contributed by atoms with van der Waals surface area (Å²) >= 11 is 0. The molecule has 1 heterocycles. The molecule has 4 N–H and O–H groups in total. The molecule has 0 bridgehead atoms. The first-order valence-electron chi connectivity index (χ1n) is 11.4. The van der Waals surface area contributed by atoms with Crippen molar-refractivity contribution in [1.82, 2.24) is 10.4 Å². The average Bonchev–Trinajstić information content (AvgIpc) is 3.20. The Morgan fingerprint density at radius 2 is 1.78 bits per heavy atom. The van der Waals surface area contributed by atoms with Gasteiger partial charge in [-0.3, -0.25) is 14.4 Å². The van der Waals surface area contributed by atoms with E-state index in [9.17, 15) is 23.9 Å². The van der Waals surface area contributed by atoms with Gasteiger partial charge in [0.15, 0.2) is 0 Å². The van der Waals surface area contributed by atoms with Gasteiger partial charge in [-0.15, -0.1) is 0 Å². The number of rotatable bonds is 9. The summed E-state index contributed by atoms with van der Waals surface area (Å²) in [5.74, 6) is -3.05. The summed E-state index contributed by atoms with van der Waals surface area (Å²) in [6, 6.07) is 17.3. The van der Waals surface area contributed by atoms with Crippen LogP contribution in [0.5, 0.6) is 0 Å². The third-order valence-corrected chi connectivity index (χ3v) is 5.61. The summed E-state index contributed by atoms with van der Waals surface area (Å²) in [7, 11) is 3.72. The summed E-state index contributed by atoms with van der Waals surface area (Å²) in [4.78, 5) is 43.6. The number of nitrogens with one attached hydrogen (secondary N) is 3. The van der Waals surface area contributed by atoms with Crippen LogP contribution in [0.1, 0.15) is 31.8 Å². The van der Waals surface area contributed by atoms with Gasteiger partial charge in [-0.25, -0.2) is 14.7 Å². The highest BCUT2D eigenvalue weighted by Gasteiger charge is 2.29. The topological polar surface area (TPSA) is 120 Å². The van der Waals surface area contributed by atoms with Crippen LogP contribution in [-0.4, -0.2) is 55.0 Å². The van der Waals surface area contributed by atoms with Crippen molar-refractivity contribution in [3.63, 3.8) is 0 Å². The van der Waals surface area contributed by atoms with Crippen LogP contribution >= 0.6 is 0 Å². The van der Waals surface area contributed by atoms with Crippen LogP contribution in [0.25, 0.3) is 11.3 Å². The van der Waals surface area contributed by atoms with Gasteiger partial charge in [-0.05, 0) is 50.0 Å². The smallest absolute Gasteiger partial charge is 0.335 e. The summed E-state index contributed by atoms with van der Waals surface area (Å²) in [5.41, 5.74) is 4.55. The Hall–Kier alpha value is -4.54. The number of carbonyl (C=O) groups excluding carboxylic acids is 2. The first-order chi connectivity index (χ1) is 17.7. The maximum atomic E-state index is 14.9. The number of hydroxylamine groups is 1. The Balaban J connectivity index is 1.66. The lowest BCUT2D eigenvalue weighted by molar-refractivity contribution is -0.110. The van der Waals surface area contributed by atoms with Crippen LogP contribution in [0.4, 0.5) is 15.8 Å². The minimum atomic E-state index is -1.11. The SMILES string of the molecule is CN(C)CCONC(=O)c1ccc(N/C(=C2/C(=O)Nc3cc(C(=O)O)ccc32)c2ccccc2)cc1F. The quantitative estimate of drug-likeness (QED) is 0.199. The Morgan fingerprint density at radius 1 is 1.03 bits per heavy atom. The summed E-state index contributed by atoms with van der Waals surface area (Å²) in [5, 5.41) is 15.1. The van der Waals surface area contributed by atoms with E-state index < -0.39 is 23.6 Å². The molecule has 0 radical (unpaired) electrons. The van der Waals surface area contributed by atoms with Crippen molar-refractivity contribution >= 4 is 40.4 Å². The van der Waals surface area contributed by atoms with E-state index in [-0.39, 0.29) is 23.3 Å². The molecular weight excluding hydrogens is 479 g/mol. The normalized spacial score (nSPS) is 13.7. The Bertz CT molecular complexity index is 1390. The lowest BCUT2D eigenvalue weighted by atomic mass is 9.99. The van der Waals surface area contributed by atoms with Crippen LogP contribution in [0, 0.1) is 5.82 Å². The van der Waals surface area contributed by atoms with Gasteiger partial charge < -0.3 is 20.6 Å². The van der Waals surface area contributed by atoms with Gasteiger partial charge in [0.25, 0.3) is 11.8 Å². The van der Waals surface area contributed by atoms with Gasteiger partial charge in [0.05, 0.1) is 34.7 Å². The second-order valence-corrected chi connectivity index (χ2v) is 8.54. The van der Waals surface area contributed by atoms with E-state index in [4.69, 9.17) is 4.84 Å². The van der Waals surface area contributed by atoms with E-state index in [1.54, 1.807) is 30.3 Å². The number of halogens is 1. The second-order valence-electron chi connectivity index (χ2n) is 8.54. The Kier molecular flexibility index (Phi) is 7.61. The van der Waals surface area contributed by atoms with Crippen LogP contribution in [-0.2, 0) is 9.63 Å². The molecule has 190 valence electrons. The summed E-state index contributed by atoms with van der Waals surface area (Å²) in [6.07, 6.45) is 0. The molecule has 37 heavy (non-hydrogen) atoms. The monoisotopic (exact) mass is 504 g/mol. The summed E-state index contributed by atoms with van der Waals surface area (Å²) < 4.78 is 14.9. The van der Waals surface area contributed by atoms with Crippen LogP contribution in [0.3, 0.4) is 0 Å². The molecule has 1 aliphatic rings. The average molecular weight is 505 g/mol. The third kappa shape index (κ3) is 5.83. The van der Waals surface area contributed by atoms with Crippen molar-refractivity contribution in [2.75, 3.05) is 37.9 Å². The first kappa shape index (κ1) is 25.5. The molecule has 9 nitrogen and oxygen atoms in total. The predicted molar refractivity (Wildman–Crippen MR) is 137 cm³/mol. The minimum Gasteiger partial charge on any atom is -0.478 e. The van der Waals surface area contributed by atoms with Gasteiger partial charge in [0.2, 0.25) is 0 Å². The third-order valence-electron chi connectivity index (χ3n) is 5.61. The highest BCUT2D eigenvalue weighted by atomic mass is 19.1. The zero-order chi connectivity index (χ0) is 26.5. The molecular formula is C27H25FN4O5. The number of benzene rings is 3. The lowest BCUT2D eigenvalue weighted by Crippen LogP contribution is -2.28. The highest BCUT2D eigenvalue weighted by Crippen LogP contribution is 2.38. The number of fused-ring (bicyclic) bond motifs is 1.